The molecule has 120 valence electrons. The highest BCUT2D eigenvalue weighted by Gasteiger charge is 2.23. The Bertz CT molecular complexity index is 1200. The Labute approximate surface area is 141 Å². The molecule has 5 nitrogen and oxygen atoms in total. The SMILES string of the molecule is COC(=O)c1c2cc(Cl)ccc2n2c3ccccc3c(=O)n(C)c12. The molecule has 0 aliphatic heterocycles. The molecule has 0 aliphatic carbocycles. The van der Waals surface area contributed by atoms with Crippen LogP contribution in [0.1, 0.15) is 10.4 Å². The highest BCUT2D eigenvalue weighted by Crippen LogP contribution is 2.31. The van der Waals surface area contributed by atoms with Crippen LogP contribution in [0.3, 0.4) is 0 Å². The number of methoxy groups -OCH3 is 1. The van der Waals surface area contributed by atoms with Crippen LogP contribution in [0.4, 0.5) is 0 Å². The quantitative estimate of drug-likeness (QED) is 0.499. The zero-order valence-electron chi connectivity index (χ0n) is 13.0. The smallest absolute Gasteiger partial charge is 0.342 e. The van der Waals surface area contributed by atoms with E-state index in [0.717, 1.165) is 11.0 Å². The number of para-hydroxylation sites is 1. The maximum Gasteiger partial charge on any atom is 0.342 e. The molecule has 0 fully saturated rings. The number of ether oxygens (including phenoxy) is 1. The van der Waals surface area contributed by atoms with Crippen LogP contribution in [0, 0.1) is 0 Å². The molecule has 0 bridgehead atoms. The first-order chi connectivity index (χ1) is 11.5. The van der Waals surface area contributed by atoms with Gasteiger partial charge in [-0.05, 0) is 30.3 Å². The average Bonchev–Trinajstić information content (AvgIpc) is 2.93. The minimum atomic E-state index is -0.505. The summed E-state index contributed by atoms with van der Waals surface area (Å²) in [5.74, 6) is -0.505. The third kappa shape index (κ3) is 1.82. The molecule has 2 heterocycles. The van der Waals surface area contributed by atoms with Crippen molar-refractivity contribution in [2.45, 2.75) is 0 Å². The number of hydrogen-bond donors (Lipinski definition) is 0. The number of esters is 1. The number of nitrogens with zero attached hydrogens (tertiary/aromatic N) is 2. The van der Waals surface area contributed by atoms with Gasteiger partial charge in [-0.15, -0.1) is 0 Å². The Morgan fingerprint density at radius 1 is 1.08 bits per heavy atom. The van der Waals surface area contributed by atoms with Crippen LogP contribution < -0.4 is 5.56 Å². The van der Waals surface area contributed by atoms with Gasteiger partial charge in [0, 0.05) is 17.5 Å². The second kappa shape index (κ2) is 5.11. The molecule has 24 heavy (non-hydrogen) atoms. The number of carbonyl (C=O) groups is 1. The number of rotatable bonds is 1. The van der Waals surface area contributed by atoms with Crippen molar-refractivity contribution in [3.05, 3.63) is 63.4 Å². The number of halogens is 1. The third-order valence-electron chi connectivity index (χ3n) is 4.29. The molecule has 0 spiro atoms. The van der Waals surface area contributed by atoms with E-state index in [1.54, 1.807) is 25.2 Å². The lowest BCUT2D eigenvalue weighted by Gasteiger charge is -2.09. The Hall–Kier alpha value is -2.79. The Kier molecular flexibility index (Phi) is 3.15. The van der Waals surface area contributed by atoms with E-state index in [2.05, 4.69) is 0 Å². The first-order valence-electron chi connectivity index (χ1n) is 7.34. The number of benzene rings is 2. The van der Waals surface area contributed by atoms with Gasteiger partial charge in [-0.2, -0.15) is 0 Å². The van der Waals surface area contributed by atoms with Gasteiger partial charge < -0.3 is 4.74 Å². The molecule has 0 aliphatic rings. The van der Waals surface area contributed by atoms with E-state index < -0.39 is 5.97 Å². The van der Waals surface area contributed by atoms with Crippen LogP contribution in [-0.4, -0.2) is 22.0 Å². The standard InChI is InChI=1S/C18H13ClN2O3/c1-20-16-15(18(23)24-2)12-9-10(19)7-8-14(12)21(16)13-6-4-3-5-11(13)17(20)22/h3-9H,1-2H3. The molecule has 0 saturated carbocycles. The fourth-order valence-electron chi connectivity index (χ4n) is 3.24. The summed E-state index contributed by atoms with van der Waals surface area (Å²) in [6, 6.07) is 12.6. The largest absolute Gasteiger partial charge is 0.465 e. The Morgan fingerprint density at radius 3 is 2.54 bits per heavy atom. The lowest BCUT2D eigenvalue weighted by Crippen LogP contribution is -2.21. The van der Waals surface area contributed by atoms with E-state index in [9.17, 15) is 9.59 Å². The summed E-state index contributed by atoms with van der Waals surface area (Å²) in [6.07, 6.45) is 0. The van der Waals surface area contributed by atoms with Gasteiger partial charge in [0.25, 0.3) is 5.56 Å². The molecule has 0 unspecified atom stereocenters. The number of hydrogen-bond acceptors (Lipinski definition) is 3. The summed E-state index contributed by atoms with van der Waals surface area (Å²) in [5, 5.41) is 1.74. The molecule has 0 atom stereocenters. The van der Waals surface area contributed by atoms with Gasteiger partial charge in [0.05, 0.1) is 23.5 Å². The Balaban J connectivity index is 2.43. The molecule has 2 aromatic carbocycles. The second-order valence-electron chi connectivity index (χ2n) is 5.57. The van der Waals surface area contributed by atoms with E-state index in [1.165, 1.54) is 11.7 Å². The normalized spacial score (nSPS) is 11.5. The van der Waals surface area contributed by atoms with Gasteiger partial charge in [0.2, 0.25) is 0 Å². The number of carbonyl (C=O) groups excluding carboxylic acids is 1. The van der Waals surface area contributed by atoms with Crippen LogP contribution in [-0.2, 0) is 11.8 Å². The van der Waals surface area contributed by atoms with Crippen LogP contribution >= 0.6 is 11.6 Å². The van der Waals surface area contributed by atoms with Gasteiger partial charge in [-0.25, -0.2) is 4.79 Å². The van der Waals surface area contributed by atoms with Crippen molar-refractivity contribution >= 4 is 45.0 Å². The number of aromatic nitrogens is 2. The van der Waals surface area contributed by atoms with Gasteiger partial charge in [0.1, 0.15) is 11.2 Å². The summed E-state index contributed by atoms with van der Waals surface area (Å²) in [7, 11) is 2.97. The van der Waals surface area contributed by atoms with Crippen molar-refractivity contribution in [3.8, 4) is 0 Å². The van der Waals surface area contributed by atoms with Crippen molar-refractivity contribution in [2.75, 3.05) is 7.11 Å². The predicted octanol–water partition coefficient (Wildman–Crippen LogP) is 3.38. The minimum absolute atomic E-state index is 0.169. The van der Waals surface area contributed by atoms with E-state index in [1.807, 2.05) is 28.7 Å². The van der Waals surface area contributed by atoms with E-state index in [0.29, 0.717) is 27.0 Å². The fourth-order valence-corrected chi connectivity index (χ4v) is 3.41. The fraction of sp³-hybridized carbons (Fsp3) is 0.111. The summed E-state index contributed by atoms with van der Waals surface area (Å²) in [6.45, 7) is 0. The van der Waals surface area contributed by atoms with Crippen LogP contribution in [0.2, 0.25) is 5.02 Å². The van der Waals surface area contributed by atoms with Crippen molar-refractivity contribution in [2.24, 2.45) is 7.05 Å². The number of fused-ring (bicyclic) bond motifs is 5. The van der Waals surface area contributed by atoms with E-state index in [-0.39, 0.29) is 5.56 Å². The highest BCUT2D eigenvalue weighted by molar-refractivity contribution is 6.31. The molecule has 0 saturated heterocycles. The molecule has 2 aromatic heterocycles. The van der Waals surface area contributed by atoms with Crippen molar-refractivity contribution in [1.82, 2.24) is 8.97 Å². The molecule has 0 amide bonds. The van der Waals surface area contributed by atoms with Gasteiger partial charge in [-0.1, -0.05) is 23.7 Å². The first-order valence-corrected chi connectivity index (χ1v) is 7.72. The molecular formula is C18H13ClN2O3. The molecule has 6 heteroatoms. The van der Waals surface area contributed by atoms with Crippen LogP contribution in [0.25, 0.3) is 27.5 Å². The molecule has 4 rings (SSSR count). The predicted molar refractivity (Wildman–Crippen MR) is 94.0 cm³/mol. The van der Waals surface area contributed by atoms with Crippen LogP contribution in [0.15, 0.2) is 47.3 Å². The van der Waals surface area contributed by atoms with E-state index >= 15 is 0 Å². The maximum atomic E-state index is 12.7. The summed E-state index contributed by atoms with van der Waals surface area (Å²) < 4.78 is 8.32. The molecular weight excluding hydrogens is 328 g/mol. The second-order valence-corrected chi connectivity index (χ2v) is 6.00. The molecule has 4 aromatic rings. The van der Waals surface area contributed by atoms with Crippen molar-refractivity contribution < 1.29 is 9.53 Å². The Morgan fingerprint density at radius 2 is 1.79 bits per heavy atom. The third-order valence-corrected chi connectivity index (χ3v) is 4.53. The topological polar surface area (TPSA) is 52.7 Å². The van der Waals surface area contributed by atoms with E-state index in [4.69, 9.17) is 16.3 Å². The summed E-state index contributed by atoms with van der Waals surface area (Å²) >= 11 is 6.13. The minimum Gasteiger partial charge on any atom is -0.465 e. The van der Waals surface area contributed by atoms with Crippen molar-refractivity contribution in [3.63, 3.8) is 0 Å². The number of aryl methyl sites for hydroxylation is 1. The van der Waals surface area contributed by atoms with Gasteiger partial charge in [0.15, 0.2) is 0 Å². The monoisotopic (exact) mass is 340 g/mol. The lowest BCUT2D eigenvalue weighted by atomic mass is 10.1. The lowest BCUT2D eigenvalue weighted by molar-refractivity contribution is 0.0604. The first kappa shape index (κ1) is 14.8. The zero-order valence-corrected chi connectivity index (χ0v) is 13.8. The van der Waals surface area contributed by atoms with Crippen molar-refractivity contribution in [1.29, 1.82) is 0 Å². The summed E-state index contributed by atoms with van der Waals surface area (Å²) in [4.78, 5) is 25.1. The maximum absolute atomic E-state index is 12.7. The summed E-state index contributed by atoms with van der Waals surface area (Å²) in [5.41, 5.74) is 2.18. The highest BCUT2D eigenvalue weighted by atomic mass is 35.5. The van der Waals surface area contributed by atoms with Gasteiger partial charge >= 0.3 is 5.97 Å². The average molecular weight is 341 g/mol. The van der Waals surface area contributed by atoms with Gasteiger partial charge in [-0.3, -0.25) is 13.8 Å². The molecule has 0 N–H and O–H groups in total. The zero-order chi connectivity index (χ0) is 17.0. The van der Waals surface area contributed by atoms with Crippen LogP contribution in [0.5, 0.6) is 0 Å². The molecule has 0 radical (unpaired) electrons.